The predicted octanol–water partition coefficient (Wildman–Crippen LogP) is 1.50. The summed E-state index contributed by atoms with van der Waals surface area (Å²) in [4.78, 5) is 8.51. The standard InChI is InChI=1S/C13H15N3O/c17-9-10-1-2-12-7-15-13(16(12)8-10)11-3-5-14-6-4-11/h3-7,10,17H,1-2,8-9H2. The molecule has 0 aliphatic carbocycles. The number of fused-ring (bicyclic) bond motifs is 1. The molecule has 1 atom stereocenters. The molecule has 3 rings (SSSR count). The summed E-state index contributed by atoms with van der Waals surface area (Å²) >= 11 is 0. The molecule has 88 valence electrons. The van der Waals surface area contributed by atoms with Gasteiger partial charge in [0.15, 0.2) is 0 Å². The number of pyridine rings is 1. The molecule has 3 heterocycles. The van der Waals surface area contributed by atoms with E-state index in [-0.39, 0.29) is 6.61 Å². The van der Waals surface area contributed by atoms with Crippen LogP contribution in [0.15, 0.2) is 30.7 Å². The summed E-state index contributed by atoms with van der Waals surface area (Å²) in [5.74, 6) is 1.35. The Morgan fingerprint density at radius 1 is 1.35 bits per heavy atom. The van der Waals surface area contributed by atoms with Crippen molar-refractivity contribution in [2.24, 2.45) is 5.92 Å². The third-order valence-electron chi connectivity index (χ3n) is 3.38. The molecule has 0 bridgehead atoms. The monoisotopic (exact) mass is 229 g/mol. The molecule has 0 saturated heterocycles. The van der Waals surface area contributed by atoms with Crippen molar-refractivity contribution in [3.05, 3.63) is 36.4 Å². The summed E-state index contributed by atoms with van der Waals surface area (Å²) in [6.07, 6.45) is 7.57. The van der Waals surface area contributed by atoms with E-state index in [2.05, 4.69) is 14.5 Å². The maximum Gasteiger partial charge on any atom is 0.140 e. The summed E-state index contributed by atoms with van der Waals surface area (Å²) in [6, 6.07) is 3.94. The molecule has 2 aromatic heterocycles. The smallest absolute Gasteiger partial charge is 0.140 e. The van der Waals surface area contributed by atoms with E-state index in [0.29, 0.717) is 5.92 Å². The number of nitrogens with zero attached hydrogens (tertiary/aromatic N) is 3. The van der Waals surface area contributed by atoms with E-state index in [4.69, 9.17) is 0 Å². The first-order valence-electron chi connectivity index (χ1n) is 5.94. The fraction of sp³-hybridized carbons (Fsp3) is 0.385. The van der Waals surface area contributed by atoms with Gasteiger partial charge in [0.25, 0.3) is 0 Å². The van der Waals surface area contributed by atoms with Crippen LogP contribution < -0.4 is 0 Å². The summed E-state index contributed by atoms with van der Waals surface area (Å²) in [5, 5.41) is 9.27. The molecule has 4 nitrogen and oxygen atoms in total. The molecule has 0 spiro atoms. The topological polar surface area (TPSA) is 50.9 Å². The van der Waals surface area contributed by atoms with Crippen molar-refractivity contribution in [1.82, 2.24) is 14.5 Å². The highest BCUT2D eigenvalue weighted by atomic mass is 16.3. The highest BCUT2D eigenvalue weighted by molar-refractivity contribution is 5.55. The van der Waals surface area contributed by atoms with E-state index in [0.717, 1.165) is 30.8 Å². The number of hydrogen-bond donors (Lipinski definition) is 1. The average molecular weight is 229 g/mol. The van der Waals surface area contributed by atoms with Crippen LogP contribution in [0.3, 0.4) is 0 Å². The van der Waals surface area contributed by atoms with Gasteiger partial charge in [0, 0.05) is 48.9 Å². The fourth-order valence-corrected chi connectivity index (χ4v) is 2.40. The lowest BCUT2D eigenvalue weighted by Gasteiger charge is -2.23. The molecule has 0 radical (unpaired) electrons. The van der Waals surface area contributed by atoms with E-state index in [1.54, 1.807) is 12.4 Å². The Morgan fingerprint density at radius 2 is 2.18 bits per heavy atom. The van der Waals surface area contributed by atoms with Crippen LogP contribution in [0.25, 0.3) is 11.4 Å². The van der Waals surface area contributed by atoms with Gasteiger partial charge in [-0.1, -0.05) is 0 Å². The molecular formula is C13H15N3O. The third kappa shape index (κ3) is 1.85. The zero-order valence-electron chi connectivity index (χ0n) is 9.58. The van der Waals surface area contributed by atoms with E-state index < -0.39 is 0 Å². The minimum Gasteiger partial charge on any atom is -0.396 e. The molecule has 1 unspecified atom stereocenters. The molecule has 0 aromatic carbocycles. The van der Waals surface area contributed by atoms with Crippen LogP contribution in [0.5, 0.6) is 0 Å². The van der Waals surface area contributed by atoms with Crippen LogP contribution in [-0.4, -0.2) is 26.2 Å². The van der Waals surface area contributed by atoms with Gasteiger partial charge in [-0.15, -0.1) is 0 Å². The summed E-state index contributed by atoms with van der Waals surface area (Å²) in [6.45, 7) is 1.12. The van der Waals surface area contributed by atoms with E-state index in [1.165, 1.54) is 5.69 Å². The van der Waals surface area contributed by atoms with Crippen molar-refractivity contribution in [3.8, 4) is 11.4 Å². The molecule has 1 aliphatic heterocycles. The number of imidazole rings is 1. The number of aryl methyl sites for hydroxylation is 1. The molecule has 1 N–H and O–H groups in total. The van der Waals surface area contributed by atoms with Crippen LogP contribution in [0.2, 0.25) is 0 Å². The Kier molecular flexibility index (Phi) is 2.65. The Labute approximate surface area is 100.0 Å². The van der Waals surface area contributed by atoms with Crippen LogP contribution in [0, 0.1) is 5.92 Å². The van der Waals surface area contributed by atoms with E-state index in [1.807, 2.05) is 18.3 Å². The van der Waals surface area contributed by atoms with Gasteiger partial charge in [-0.05, 0) is 25.0 Å². The lowest BCUT2D eigenvalue weighted by Crippen LogP contribution is -2.22. The van der Waals surface area contributed by atoms with E-state index in [9.17, 15) is 5.11 Å². The lowest BCUT2D eigenvalue weighted by molar-refractivity contribution is 0.192. The first-order chi connectivity index (χ1) is 8.38. The van der Waals surface area contributed by atoms with Gasteiger partial charge in [0.05, 0.1) is 0 Å². The van der Waals surface area contributed by atoms with Gasteiger partial charge in [0.1, 0.15) is 5.82 Å². The van der Waals surface area contributed by atoms with Gasteiger partial charge in [0.2, 0.25) is 0 Å². The normalized spacial score (nSPS) is 19.0. The SMILES string of the molecule is OCC1CCc2cnc(-c3ccncc3)n2C1. The van der Waals surface area contributed by atoms with E-state index >= 15 is 0 Å². The number of rotatable bonds is 2. The molecule has 0 fully saturated rings. The maximum absolute atomic E-state index is 9.27. The quantitative estimate of drug-likeness (QED) is 0.849. The second-order valence-corrected chi connectivity index (χ2v) is 4.51. The van der Waals surface area contributed by atoms with Crippen molar-refractivity contribution < 1.29 is 5.11 Å². The maximum atomic E-state index is 9.27. The van der Waals surface area contributed by atoms with Crippen molar-refractivity contribution in [3.63, 3.8) is 0 Å². The van der Waals surface area contributed by atoms with Crippen molar-refractivity contribution in [2.45, 2.75) is 19.4 Å². The first kappa shape index (κ1) is 10.5. The summed E-state index contributed by atoms with van der Waals surface area (Å²) in [7, 11) is 0. The van der Waals surface area contributed by atoms with Crippen molar-refractivity contribution in [1.29, 1.82) is 0 Å². The second-order valence-electron chi connectivity index (χ2n) is 4.51. The zero-order chi connectivity index (χ0) is 11.7. The number of aliphatic hydroxyl groups is 1. The average Bonchev–Trinajstić information content (AvgIpc) is 2.82. The molecule has 1 aliphatic rings. The Balaban J connectivity index is 2.00. The van der Waals surface area contributed by atoms with Gasteiger partial charge < -0.3 is 9.67 Å². The number of aliphatic hydroxyl groups excluding tert-OH is 1. The first-order valence-corrected chi connectivity index (χ1v) is 5.94. The molecule has 2 aromatic rings. The Bertz CT molecular complexity index is 507. The van der Waals surface area contributed by atoms with Crippen molar-refractivity contribution in [2.75, 3.05) is 6.61 Å². The van der Waals surface area contributed by atoms with Gasteiger partial charge in [-0.2, -0.15) is 0 Å². The molecule has 4 heteroatoms. The molecule has 0 amide bonds. The Morgan fingerprint density at radius 3 is 2.94 bits per heavy atom. The largest absolute Gasteiger partial charge is 0.396 e. The number of hydrogen-bond acceptors (Lipinski definition) is 3. The summed E-state index contributed by atoms with van der Waals surface area (Å²) in [5.41, 5.74) is 2.35. The summed E-state index contributed by atoms with van der Waals surface area (Å²) < 4.78 is 2.22. The highest BCUT2D eigenvalue weighted by Crippen LogP contribution is 2.26. The fourth-order valence-electron chi connectivity index (χ4n) is 2.40. The molecule has 17 heavy (non-hydrogen) atoms. The second kappa shape index (κ2) is 4.30. The van der Waals surface area contributed by atoms with Crippen LogP contribution >= 0.6 is 0 Å². The van der Waals surface area contributed by atoms with Crippen molar-refractivity contribution >= 4 is 0 Å². The molecular weight excluding hydrogens is 214 g/mol. The van der Waals surface area contributed by atoms with Crippen LogP contribution in [-0.2, 0) is 13.0 Å². The zero-order valence-corrected chi connectivity index (χ0v) is 9.58. The minimum atomic E-state index is 0.257. The van der Waals surface area contributed by atoms with Gasteiger partial charge in [-0.3, -0.25) is 4.98 Å². The van der Waals surface area contributed by atoms with Gasteiger partial charge >= 0.3 is 0 Å². The predicted molar refractivity (Wildman–Crippen MR) is 64.4 cm³/mol. The minimum absolute atomic E-state index is 0.257. The number of aromatic nitrogens is 3. The highest BCUT2D eigenvalue weighted by Gasteiger charge is 2.21. The molecule has 0 saturated carbocycles. The van der Waals surface area contributed by atoms with Crippen LogP contribution in [0.1, 0.15) is 12.1 Å². The Hall–Kier alpha value is -1.68. The van der Waals surface area contributed by atoms with Crippen LogP contribution in [0.4, 0.5) is 0 Å². The van der Waals surface area contributed by atoms with Gasteiger partial charge in [-0.25, -0.2) is 4.98 Å². The third-order valence-corrected chi connectivity index (χ3v) is 3.38. The lowest BCUT2D eigenvalue weighted by atomic mass is 9.99.